The van der Waals surface area contributed by atoms with Gasteiger partial charge in [-0.2, -0.15) is 0 Å². The lowest BCUT2D eigenvalue weighted by Gasteiger charge is -2.13. The number of aryl methyl sites for hydroxylation is 2. The van der Waals surface area contributed by atoms with E-state index >= 15 is 0 Å². The zero-order valence-corrected chi connectivity index (χ0v) is 13.9. The monoisotopic (exact) mass is 325 g/mol. The molecule has 1 amide bonds. The highest BCUT2D eigenvalue weighted by molar-refractivity contribution is 5.77. The van der Waals surface area contributed by atoms with Crippen LogP contribution in [0.2, 0.25) is 0 Å². The van der Waals surface area contributed by atoms with Crippen molar-refractivity contribution in [3.63, 3.8) is 0 Å². The first kappa shape index (κ1) is 17.7. The number of carbonyl (C=O) groups excluding carboxylic acids is 1. The lowest BCUT2D eigenvalue weighted by atomic mass is 9.99. The molecule has 4 heteroatoms. The van der Waals surface area contributed by atoms with Crippen LogP contribution in [0.15, 0.2) is 54.6 Å². The number of benzene rings is 2. The quantitative estimate of drug-likeness (QED) is 0.784. The van der Waals surface area contributed by atoms with Gasteiger partial charge in [-0.1, -0.05) is 60.2 Å². The van der Waals surface area contributed by atoms with Crippen LogP contribution in [0.3, 0.4) is 0 Å². The number of hydrogen-bond acceptors (Lipinski definition) is 2. The zero-order valence-electron chi connectivity index (χ0n) is 13.9. The van der Waals surface area contributed by atoms with Gasteiger partial charge in [-0.25, -0.2) is 0 Å². The van der Waals surface area contributed by atoms with Crippen LogP contribution in [-0.2, 0) is 22.4 Å². The topological polar surface area (TPSA) is 66.4 Å². The van der Waals surface area contributed by atoms with E-state index in [9.17, 15) is 14.7 Å². The summed E-state index contributed by atoms with van der Waals surface area (Å²) in [7, 11) is 0. The second-order valence-electron chi connectivity index (χ2n) is 6.02. The molecule has 126 valence electrons. The molecule has 24 heavy (non-hydrogen) atoms. The van der Waals surface area contributed by atoms with Crippen LogP contribution < -0.4 is 5.32 Å². The Morgan fingerprint density at radius 2 is 1.75 bits per heavy atom. The van der Waals surface area contributed by atoms with Crippen LogP contribution in [0.1, 0.15) is 23.1 Å². The average molecular weight is 325 g/mol. The molecule has 2 rings (SSSR count). The molecule has 2 N–H and O–H groups in total. The van der Waals surface area contributed by atoms with Crippen molar-refractivity contribution in [1.82, 2.24) is 5.32 Å². The number of rotatable bonds is 8. The molecule has 0 fully saturated rings. The SMILES string of the molecule is Cc1cccc(CCC(=O)NCC(Cc2ccccc2)C(=O)O)c1. The molecule has 0 aliphatic rings. The Bertz CT molecular complexity index is 682. The van der Waals surface area contributed by atoms with Crippen LogP contribution in [0.5, 0.6) is 0 Å². The fourth-order valence-electron chi connectivity index (χ4n) is 2.60. The Kier molecular flexibility index (Phi) is 6.55. The zero-order chi connectivity index (χ0) is 17.4. The van der Waals surface area contributed by atoms with E-state index in [1.807, 2.05) is 55.5 Å². The highest BCUT2D eigenvalue weighted by Crippen LogP contribution is 2.09. The molecule has 2 aromatic carbocycles. The van der Waals surface area contributed by atoms with Crippen LogP contribution in [0, 0.1) is 12.8 Å². The minimum absolute atomic E-state index is 0.115. The summed E-state index contributed by atoms with van der Waals surface area (Å²) in [6.45, 7) is 2.17. The largest absolute Gasteiger partial charge is 0.481 e. The molecule has 0 bridgehead atoms. The van der Waals surface area contributed by atoms with Gasteiger partial charge in [-0.15, -0.1) is 0 Å². The first-order valence-corrected chi connectivity index (χ1v) is 8.13. The van der Waals surface area contributed by atoms with E-state index in [0.717, 1.165) is 11.1 Å². The normalized spacial score (nSPS) is 11.7. The van der Waals surface area contributed by atoms with E-state index < -0.39 is 11.9 Å². The van der Waals surface area contributed by atoms with Gasteiger partial charge >= 0.3 is 5.97 Å². The van der Waals surface area contributed by atoms with E-state index in [0.29, 0.717) is 19.3 Å². The number of aliphatic carboxylic acids is 1. The van der Waals surface area contributed by atoms with Crippen molar-refractivity contribution in [2.75, 3.05) is 6.54 Å². The van der Waals surface area contributed by atoms with Gasteiger partial charge in [0.25, 0.3) is 0 Å². The third-order valence-electron chi connectivity index (χ3n) is 3.94. The molecule has 0 aromatic heterocycles. The number of amides is 1. The van der Waals surface area contributed by atoms with Crippen LogP contribution in [0.25, 0.3) is 0 Å². The number of hydrogen-bond donors (Lipinski definition) is 2. The Hall–Kier alpha value is -2.62. The molecule has 0 aliphatic heterocycles. The average Bonchev–Trinajstić information content (AvgIpc) is 2.57. The number of carbonyl (C=O) groups is 2. The second-order valence-corrected chi connectivity index (χ2v) is 6.02. The molecule has 2 aromatic rings. The fraction of sp³-hybridized carbons (Fsp3) is 0.300. The van der Waals surface area contributed by atoms with E-state index in [1.54, 1.807) is 0 Å². The van der Waals surface area contributed by atoms with Crippen molar-refractivity contribution in [3.05, 3.63) is 71.3 Å². The smallest absolute Gasteiger partial charge is 0.308 e. The molecule has 1 unspecified atom stereocenters. The highest BCUT2D eigenvalue weighted by Gasteiger charge is 2.18. The van der Waals surface area contributed by atoms with Gasteiger partial charge in [0, 0.05) is 13.0 Å². The van der Waals surface area contributed by atoms with Gasteiger partial charge in [0.15, 0.2) is 0 Å². The molecular formula is C20H23NO3. The van der Waals surface area contributed by atoms with Gasteiger partial charge in [-0.3, -0.25) is 9.59 Å². The van der Waals surface area contributed by atoms with Crippen molar-refractivity contribution < 1.29 is 14.7 Å². The first-order valence-electron chi connectivity index (χ1n) is 8.13. The molecular weight excluding hydrogens is 302 g/mol. The molecule has 0 spiro atoms. The summed E-state index contributed by atoms with van der Waals surface area (Å²) in [5, 5.41) is 12.1. The summed E-state index contributed by atoms with van der Waals surface area (Å²) in [6, 6.07) is 17.5. The third kappa shape index (κ3) is 5.88. The second kappa shape index (κ2) is 8.87. The minimum Gasteiger partial charge on any atom is -0.481 e. The van der Waals surface area contributed by atoms with Crippen molar-refractivity contribution in [3.8, 4) is 0 Å². The van der Waals surface area contributed by atoms with Gasteiger partial charge in [0.2, 0.25) is 5.91 Å². The first-order chi connectivity index (χ1) is 11.5. The Labute approximate surface area is 142 Å². The Balaban J connectivity index is 1.80. The maximum absolute atomic E-state index is 12.0. The fourth-order valence-corrected chi connectivity index (χ4v) is 2.60. The van der Waals surface area contributed by atoms with E-state index in [4.69, 9.17) is 0 Å². The lowest BCUT2D eigenvalue weighted by molar-refractivity contribution is -0.141. The molecule has 0 heterocycles. The predicted molar refractivity (Wildman–Crippen MR) is 93.8 cm³/mol. The molecule has 1 atom stereocenters. The van der Waals surface area contributed by atoms with Gasteiger partial charge in [-0.05, 0) is 30.9 Å². The maximum Gasteiger partial charge on any atom is 0.308 e. The minimum atomic E-state index is -0.891. The third-order valence-corrected chi connectivity index (χ3v) is 3.94. The molecule has 0 saturated heterocycles. The van der Waals surface area contributed by atoms with E-state index in [-0.39, 0.29) is 12.5 Å². The van der Waals surface area contributed by atoms with Crippen molar-refractivity contribution in [2.45, 2.75) is 26.2 Å². The molecule has 0 saturated carbocycles. The summed E-state index contributed by atoms with van der Waals surface area (Å²) in [6.07, 6.45) is 1.43. The molecule has 4 nitrogen and oxygen atoms in total. The van der Waals surface area contributed by atoms with Crippen LogP contribution in [0.4, 0.5) is 0 Å². The Morgan fingerprint density at radius 3 is 2.42 bits per heavy atom. The number of nitrogens with one attached hydrogen (secondary N) is 1. The summed E-state index contributed by atoms with van der Waals surface area (Å²) >= 11 is 0. The van der Waals surface area contributed by atoms with Gasteiger partial charge in [0.1, 0.15) is 0 Å². The van der Waals surface area contributed by atoms with Crippen molar-refractivity contribution in [2.24, 2.45) is 5.92 Å². The Morgan fingerprint density at radius 1 is 1.04 bits per heavy atom. The van der Waals surface area contributed by atoms with E-state index in [1.165, 1.54) is 5.56 Å². The molecule has 0 aliphatic carbocycles. The molecule has 0 radical (unpaired) electrons. The summed E-state index contributed by atoms with van der Waals surface area (Å²) in [5.41, 5.74) is 3.24. The summed E-state index contributed by atoms with van der Waals surface area (Å²) in [4.78, 5) is 23.4. The highest BCUT2D eigenvalue weighted by atomic mass is 16.4. The van der Waals surface area contributed by atoms with Crippen molar-refractivity contribution in [1.29, 1.82) is 0 Å². The summed E-state index contributed by atoms with van der Waals surface area (Å²) in [5.74, 6) is -1.62. The predicted octanol–water partition coefficient (Wildman–Crippen LogP) is 2.99. The maximum atomic E-state index is 12.0. The van der Waals surface area contributed by atoms with Crippen LogP contribution >= 0.6 is 0 Å². The lowest BCUT2D eigenvalue weighted by Crippen LogP contribution is -2.34. The summed E-state index contributed by atoms with van der Waals surface area (Å²) < 4.78 is 0. The van der Waals surface area contributed by atoms with Gasteiger partial charge < -0.3 is 10.4 Å². The number of carboxylic acids is 1. The van der Waals surface area contributed by atoms with Crippen molar-refractivity contribution >= 4 is 11.9 Å². The number of carboxylic acid groups (broad SMARTS) is 1. The standard InChI is InChI=1S/C20H23NO3/c1-15-6-5-9-17(12-15)10-11-19(22)21-14-18(20(23)24)13-16-7-3-2-4-8-16/h2-9,12,18H,10-11,13-14H2,1H3,(H,21,22)(H,23,24). The van der Waals surface area contributed by atoms with E-state index in [2.05, 4.69) is 11.4 Å². The van der Waals surface area contributed by atoms with Crippen LogP contribution in [-0.4, -0.2) is 23.5 Å². The van der Waals surface area contributed by atoms with Gasteiger partial charge in [0.05, 0.1) is 5.92 Å².